The van der Waals surface area contributed by atoms with Crippen LogP contribution in [0.1, 0.15) is 43.5 Å². The van der Waals surface area contributed by atoms with E-state index in [4.69, 9.17) is 0 Å². The lowest BCUT2D eigenvalue weighted by atomic mass is 10.1. The number of benzene rings is 1. The predicted octanol–water partition coefficient (Wildman–Crippen LogP) is 2.66. The number of nitrogens with one attached hydrogen (secondary N) is 1. The predicted molar refractivity (Wildman–Crippen MR) is 75.1 cm³/mol. The molecule has 19 heavy (non-hydrogen) atoms. The van der Waals surface area contributed by atoms with Crippen molar-refractivity contribution in [3.8, 4) is 0 Å². The number of hydrogen-bond acceptors (Lipinski definition) is 2. The fourth-order valence-corrected chi connectivity index (χ4v) is 2.63. The fourth-order valence-electron chi connectivity index (χ4n) is 2.63. The van der Waals surface area contributed by atoms with Crippen LogP contribution in [-0.2, 0) is 4.79 Å². The SMILES string of the molecule is CCC1CCCN1C(=O)c1cccc(NC(C)=O)c1. The lowest BCUT2D eigenvalue weighted by molar-refractivity contribution is -0.114. The minimum atomic E-state index is -0.128. The van der Waals surface area contributed by atoms with Gasteiger partial charge in [-0.15, -0.1) is 0 Å². The Labute approximate surface area is 113 Å². The normalized spacial score (nSPS) is 18.4. The summed E-state index contributed by atoms with van der Waals surface area (Å²) in [6.45, 7) is 4.41. The molecule has 102 valence electrons. The van der Waals surface area contributed by atoms with Crippen LogP contribution in [0.2, 0.25) is 0 Å². The maximum absolute atomic E-state index is 12.5. The van der Waals surface area contributed by atoms with E-state index in [1.807, 2.05) is 4.90 Å². The molecule has 4 nitrogen and oxygen atoms in total. The summed E-state index contributed by atoms with van der Waals surface area (Å²) in [5.41, 5.74) is 1.32. The number of hydrogen-bond donors (Lipinski definition) is 1. The van der Waals surface area contributed by atoms with Gasteiger partial charge >= 0.3 is 0 Å². The topological polar surface area (TPSA) is 49.4 Å². The summed E-state index contributed by atoms with van der Waals surface area (Å²) >= 11 is 0. The maximum atomic E-state index is 12.5. The molecular weight excluding hydrogens is 240 g/mol. The summed E-state index contributed by atoms with van der Waals surface area (Å²) in [5.74, 6) is -0.0613. The van der Waals surface area contributed by atoms with Crippen molar-refractivity contribution in [2.75, 3.05) is 11.9 Å². The highest BCUT2D eigenvalue weighted by molar-refractivity contribution is 5.97. The van der Waals surface area contributed by atoms with E-state index < -0.39 is 0 Å². The van der Waals surface area contributed by atoms with Crippen molar-refractivity contribution in [1.82, 2.24) is 4.90 Å². The van der Waals surface area contributed by atoms with E-state index in [0.29, 0.717) is 17.3 Å². The Balaban J connectivity index is 2.16. The first-order valence-corrected chi connectivity index (χ1v) is 6.80. The molecule has 0 spiro atoms. The summed E-state index contributed by atoms with van der Waals surface area (Å²) in [6.07, 6.45) is 3.17. The van der Waals surface area contributed by atoms with E-state index in [0.717, 1.165) is 25.8 Å². The zero-order chi connectivity index (χ0) is 13.8. The number of carbonyl (C=O) groups excluding carboxylic acids is 2. The molecule has 1 unspecified atom stereocenters. The molecule has 1 aromatic rings. The van der Waals surface area contributed by atoms with E-state index in [-0.39, 0.29) is 11.8 Å². The van der Waals surface area contributed by atoms with Gasteiger partial charge in [-0.2, -0.15) is 0 Å². The molecule has 4 heteroatoms. The molecule has 1 aliphatic rings. The van der Waals surface area contributed by atoms with Crippen LogP contribution < -0.4 is 5.32 Å². The van der Waals surface area contributed by atoms with Crippen LogP contribution in [0.25, 0.3) is 0 Å². The molecule has 2 rings (SSSR count). The average Bonchev–Trinajstić information content (AvgIpc) is 2.85. The first-order chi connectivity index (χ1) is 9.11. The minimum absolute atomic E-state index is 0.0663. The third-order valence-corrected chi connectivity index (χ3v) is 3.54. The summed E-state index contributed by atoms with van der Waals surface area (Å²) in [5, 5.41) is 2.71. The largest absolute Gasteiger partial charge is 0.336 e. The highest BCUT2D eigenvalue weighted by Gasteiger charge is 2.27. The van der Waals surface area contributed by atoms with Gasteiger partial charge in [0.15, 0.2) is 0 Å². The van der Waals surface area contributed by atoms with Crippen LogP contribution in [-0.4, -0.2) is 29.3 Å². The molecule has 1 fully saturated rings. The van der Waals surface area contributed by atoms with Gasteiger partial charge in [-0.05, 0) is 37.5 Å². The Morgan fingerprint density at radius 3 is 2.89 bits per heavy atom. The summed E-state index contributed by atoms with van der Waals surface area (Å²) < 4.78 is 0. The number of rotatable bonds is 3. The summed E-state index contributed by atoms with van der Waals surface area (Å²) in [4.78, 5) is 25.5. The van der Waals surface area contributed by atoms with E-state index >= 15 is 0 Å². The monoisotopic (exact) mass is 260 g/mol. The Morgan fingerprint density at radius 1 is 1.42 bits per heavy atom. The number of nitrogens with zero attached hydrogens (tertiary/aromatic N) is 1. The quantitative estimate of drug-likeness (QED) is 0.908. The second kappa shape index (κ2) is 5.87. The van der Waals surface area contributed by atoms with Crippen molar-refractivity contribution in [3.05, 3.63) is 29.8 Å². The van der Waals surface area contributed by atoms with Crippen molar-refractivity contribution in [3.63, 3.8) is 0 Å². The van der Waals surface area contributed by atoms with Gasteiger partial charge < -0.3 is 10.2 Å². The van der Waals surface area contributed by atoms with Crippen LogP contribution in [0.5, 0.6) is 0 Å². The zero-order valence-corrected chi connectivity index (χ0v) is 11.5. The van der Waals surface area contributed by atoms with Crippen molar-refractivity contribution in [1.29, 1.82) is 0 Å². The molecule has 0 aliphatic carbocycles. The number of likely N-dealkylation sites (tertiary alicyclic amines) is 1. The van der Waals surface area contributed by atoms with E-state index in [9.17, 15) is 9.59 Å². The van der Waals surface area contributed by atoms with Gasteiger partial charge in [0.2, 0.25) is 5.91 Å². The smallest absolute Gasteiger partial charge is 0.254 e. The first-order valence-electron chi connectivity index (χ1n) is 6.80. The summed E-state index contributed by atoms with van der Waals surface area (Å²) in [6, 6.07) is 7.50. The Morgan fingerprint density at radius 2 is 2.21 bits per heavy atom. The van der Waals surface area contributed by atoms with E-state index in [2.05, 4.69) is 12.2 Å². The Bertz CT molecular complexity index is 485. The molecular formula is C15H20N2O2. The molecule has 1 N–H and O–H groups in total. The van der Waals surface area contributed by atoms with Crippen LogP contribution in [0, 0.1) is 0 Å². The molecule has 1 saturated heterocycles. The third-order valence-electron chi connectivity index (χ3n) is 3.54. The van der Waals surface area contributed by atoms with E-state index in [1.165, 1.54) is 6.92 Å². The standard InChI is InChI=1S/C15H20N2O2/c1-3-14-8-5-9-17(14)15(19)12-6-4-7-13(10-12)16-11(2)18/h4,6-7,10,14H,3,5,8-9H2,1-2H3,(H,16,18). The van der Waals surface area contributed by atoms with Gasteiger partial charge in [-0.1, -0.05) is 13.0 Å². The van der Waals surface area contributed by atoms with Gasteiger partial charge in [-0.25, -0.2) is 0 Å². The highest BCUT2D eigenvalue weighted by atomic mass is 16.2. The molecule has 1 atom stereocenters. The zero-order valence-electron chi connectivity index (χ0n) is 11.5. The first kappa shape index (κ1) is 13.6. The van der Waals surface area contributed by atoms with Gasteiger partial charge in [-0.3, -0.25) is 9.59 Å². The fraction of sp³-hybridized carbons (Fsp3) is 0.467. The lowest BCUT2D eigenvalue weighted by Crippen LogP contribution is -2.35. The van der Waals surface area contributed by atoms with Crippen molar-refractivity contribution >= 4 is 17.5 Å². The molecule has 0 aromatic heterocycles. The Hall–Kier alpha value is -1.84. The van der Waals surface area contributed by atoms with Gasteiger partial charge in [0.25, 0.3) is 5.91 Å². The maximum Gasteiger partial charge on any atom is 0.254 e. The number of anilines is 1. The third kappa shape index (κ3) is 3.13. The van der Waals surface area contributed by atoms with Crippen LogP contribution in [0.15, 0.2) is 24.3 Å². The molecule has 0 saturated carbocycles. The molecule has 1 aromatic carbocycles. The van der Waals surface area contributed by atoms with Gasteiger partial charge in [0.1, 0.15) is 0 Å². The number of carbonyl (C=O) groups is 2. The molecule has 0 radical (unpaired) electrons. The number of amides is 2. The van der Waals surface area contributed by atoms with Crippen LogP contribution in [0.4, 0.5) is 5.69 Å². The highest BCUT2D eigenvalue weighted by Crippen LogP contribution is 2.23. The lowest BCUT2D eigenvalue weighted by Gasteiger charge is -2.23. The second-order valence-electron chi connectivity index (χ2n) is 4.96. The molecule has 2 amide bonds. The van der Waals surface area contributed by atoms with Crippen molar-refractivity contribution in [2.45, 2.75) is 39.2 Å². The minimum Gasteiger partial charge on any atom is -0.336 e. The van der Waals surface area contributed by atoms with Gasteiger partial charge in [0.05, 0.1) is 0 Å². The second-order valence-corrected chi connectivity index (χ2v) is 4.96. The average molecular weight is 260 g/mol. The van der Waals surface area contributed by atoms with Crippen molar-refractivity contribution in [2.24, 2.45) is 0 Å². The van der Waals surface area contributed by atoms with Gasteiger partial charge in [0, 0.05) is 30.8 Å². The summed E-state index contributed by atoms with van der Waals surface area (Å²) in [7, 11) is 0. The molecule has 1 heterocycles. The van der Waals surface area contributed by atoms with Crippen LogP contribution >= 0.6 is 0 Å². The van der Waals surface area contributed by atoms with Crippen molar-refractivity contribution < 1.29 is 9.59 Å². The molecule has 0 bridgehead atoms. The van der Waals surface area contributed by atoms with E-state index in [1.54, 1.807) is 24.3 Å². The Kier molecular flexibility index (Phi) is 4.20. The van der Waals surface area contributed by atoms with Crippen LogP contribution in [0.3, 0.4) is 0 Å². The molecule has 1 aliphatic heterocycles.